The molecule has 0 aromatic rings. The summed E-state index contributed by atoms with van der Waals surface area (Å²) >= 11 is 0. The summed E-state index contributed by atoms with van der Waals surface area (Å²) in [4.78, 5) is 7.47. The molecule has 74 valence electrons. The predicted octanol–water partition coefficient (Wildman–Crippen LogP) is 0.278. The van der Waals surface area contributed by atoms with E-state index in [0.29, 0.717) is 5.70 Å². The van der Waals surface area contributed by atoms with Crippen molar-refractivity contribution in [1.29, 1.82) is 0 Å². The number of rotatable bonds is 4. The van der Waals surface area contributed by atoms with E-state index in [1.54, 1.807) is 0 Å². The Kier molecular flexibility index (Phi) is 5.34. The van der Waals surface area contributed by atoms with Crippen molar-refractivity contribution in [1.82, 2.24) is 0 Å². The normalized spacial score (nSPS) is 11.0. The van der Waals surface area contributed by atoms with Crippen LogP contribution in [0.4, 0.5) is 0 Å². The van der Waals surface area contributed by atoms with Crippen molar-refractivity contribution in [2.45, 2.75) is 26.2 Å². The quantitative estimate of drug-likeness (QED) is 0.430. The Morgan fingerprint density at radius 3 is 2.31 bits per heavy atom. The Morgan fingerprint density at radius 1 is 1.23 bits per heavy atom. The van der Waals surface area contributed by atoms with Gasteiger partial charge < -0.3 is 17.2 Å². The fourth-order valence-electron chi connectivity index (χ4n) is 0.756. The minimum atomic E-state index is -0.0930. The van der Waals surface area contributed by atoms with Gasteiger partial charge in [-0.15, -0.1) is 0 Å². The van der Waals surface area contributed by atoms with Crippen LogP contribution < -0.4 is 17.2 Å². The molecule has 0 saturated heterocycles. The summed E-state index contributed by atoms with van der Waals surface area (Å²) in [6, 6.07) is 0. The van der Waals surface area contributed by atoms with E-state index in [2.05, 4.69) is 23.5 Å². The molecule has 0 spiro atoms. The average molecular weight is 183 g/mol. The summed E-state index contributed by atoms with van der Waals surface area (Å²) in [6.45, 7) is 5.81. The Balaban J connectivity index is 4.07. The summed E-state index contributed by atoms with van der Waals surface area (Å²) in [5.74, 6) is -0.0364. The Labute approximate surface area is 78.4 Å². The summed E-state index contributed by atoms with van der Waals surface area (Å²) in [5, 5.41) is 0. The molecule has 6 N–H and O–H groups in total. The van der Waals surface area contributed by atoms with Crippen molar-refractivity contribution in [3.8, 4) is 0 Å². The topological polar surface area (TPSA) is 103 Å². The zero-order valence-corrected chi connectivity index (χ0v) is 7.95. The number of nitrogens with zero attached hydrogens (tertiary/aromatic N) is 2. The van der Waals surface area contributed by atoms with Gasteiger partial charge in [-0.1, -0.05) is 19.9 Å². The van der Waals surface area contributed by atoms with Crippen LogP contribution in [-0.2, 0) is 0 Å². The molecule has 0 unspecified atom stereocenters. The van der Waals surface area contributed by atoms with Crippen LogP contribution in [-0.4, -0.2) is 11.9 Å². The van der Waals surface area contributed by atoms with E-state index >= 15 is 0 Å². The maximum atomic E-state index is 5.39. The zero-order valence-electron chi connectivity index (χ0n) is 7.95. The lowest BCUT2D eigenvalue weighted by molar-refractivity contribution is 0.783. The first-order valence-electron chi connectivity index (χ1n) is 4.17. The maximum Gasteiger partial charge on any atom is 0.223 e. The summed E-state index contributed by atoms with van der Waals surface area (Å²) in [5.41, 5.74) is 16.3. The molecule has 0 amide bonds. The standard InChI is InChI=1S/C8H17N5/c1-3-4-5-6(2)12-8(11)13-7(9)10/h2-5H2,1H3,(H6,9,10,11,12,13). The summed E-state index contributed by atoms with van der Waals surface area (Å²) in [6.07, 6.45) is 2.95. The number of aliphatic imine (C=N–C) groups is 2. The molecule has 0 saturated carbocycles. The van der Waals surface area contributed by atoms with Crippen molar-refractivity contribution in [3.05, 3.63) is 12.3 Å². The molecule has 5 nitrogen and oxygen atoms in total. The lowest BCUT2D eigenvalue weighted by Crippen LogP contribution is -2.26. The molecule has 0 aliphatic carbocycles. The molecule has 0 aromatic carbocycles. The van der Waals surface area contributed by atoms with Crippen LogP contribution in [0.2, 0.25) is 0 Å². The molecule has 0 bridgehead atoms. The molecule has 0 aliphatic heterocycles. The van der Waals surface area contributed by atoms with Gasteiger partial charge in [-0.2, -0.15) is 4.99 Å². The van der Waals surface area contributed by atoms with Crippen molar-refractivity contribution in [2.24, 2.45) is 27.2 Å². The average Bonchev–Trinajstić information content (AvgIpc) is 1.98. The van der Waals surface area contributed by atoms with Crippen LogP contribution in [0.15, 0.2) is 22.3 Å². The van der Waals surface area contributed by atoms with Gasteiger partial charge >= 0.3 is 0 Å². The van der Waals surface area contributed by atoms with Crippen LogP contribution >= 0.6 is 0 Å². The van der Waals surface area contributed by atoms with Crippen molar-refractivity contribution in [3.63, 3.8) is 0 Å². The number of nitrogens with two attached hydrogens (primary N) is 3. The molecule has 0 aromatic heterocycles. The lowest BCUT2D eigenvalue weighted by Gasteiger charge is -1.98. The summed E-state index contributed by atoms with van der Waals surface area (Å²) in [7, 11) is 0. The second-order valence-corrected chi connectivity index (χ2v) is 2.68. The van der Waals surface area contributed by atoms with Gasteiger partial charge in [0.05, 0.1) is 0 Å². The molecule has 5 heteroatoms. The third-order valence-electron chi connectivity index (χ3n) is 1.34. The van der Waals surface area contributed by atoms with Gasteiger partial charge in [0.25, 0.3) is 0 Å². The largest absolute Gasteiger partial charge is 0.370 e. The molecule has 0 aliphatic rings. The van der Waals surface area contributed by atoms with Crippen LogP contribution in [0.3, 0.4) is 0 Å². The number of unbranched alkanes of at least 4 members (excludes halogenated alkanes) is 1. The highest BCUT2D eigenvalue weighted by atomic mass is 15.1. The highest BCUT2D eigenvalue weighted by molar-refractivity contribution is 5.92. The van der Waals surface area contributed by atoms with E-state index in [4.69, 9.17) is 17.2 Å². The molecule has 0 fully saturated rings. The zero-order chi connectivity index (χ0) is 10.3. The van der Waals surface area contributed by atoms with Gasteiger partial charge in [0, 0.05) is 5.70 Å². The van der Waals surface area contributed by atoms with Gasteiger partial charge in [0.1, 0.15) is 0 Å². The molecule has 0 radical (unpaired) electrons. The first-order chi connectivity index (χ1) is 6.06. The number of guanidine groups is 2. The first-order valence-corrected chi connectivity index (χ1v) is 4.17. The number of allylic oxidation sites excluding steroid dienone is 1. The van der Waals surface area contributed by atoms with Crippen molar-refractivity contribution in [2.75, 3.05) is 0 Å². The third-order valence-corrected chi connectivity index (χ3v) is 1.34. The highest BCUT2D eigenvalue weighted by Crippen LogP contribution is 2.05. The number of hydrogen-bond donors (Lipinski definition) is 3. The van der Waals surface area contributed by atoms with Crippen LogP contribution in [0, 0.1) is 0 Å². The highest BCUT2D eigenvalue weighted by Gasteiger charge is 1.93. The van der Waals surface area contributed by atoms with Crippen molar-refractivity contribution >= 4 is 11.9 Å². The second kappa shape index (κ2) is 6.05. The minimum Gasteiger partial charge on any atom is -0.370 e. The smallest absolute Gasteiger partial charge is 0.223 e. The summed E-state index contributed by atoms with van der Waals surface area (Å²) < 4.78 is 0. The Morgan fingerprint density at radius 2 is 1.85 bits per heavy atom. The monoisotopic (exact) mass is 183 g/mol. The molecular weight excluding hydrogens is 166 g/mol. The Bertz CT molecular complexity index is 225. The molecule has 13 heavy (non-hydrogen) atoms. The van der Waals surface area contributed by atoms with E-state index in [0.717, 1.165) is 19.3 Å². The van der Waals surface area contributed by atoms with Crippen LogP contribution in [0.5, 0.6) is 0 Å². The van der Waals surface area contributed by atoms with Gasteiger partial charge in [-0.3, -0.25) is 0 Å². The van der Waals surface area contributed by atoms with E-state index < -0.39 is 0 Å². The van der Waals surface area contributed by atoms with E-state index in [1.807, 2.05) is 0 Å². The predicted molar refractivity (Wildman–Crippen MR) is 56.1 cm³/mol. The molecule has 0 heterocycles. The molecule has 0 atom stereocenters. The van der Waals surface area contributed by atoms with Crippen LogP contribution in [0.25, 0.3) is 0 Å². The van der Waals surface area contributed by atoms with Crippen LogP contribution in [0.1, 0.15) is 26.2 Å². The van der Waals surface area contributed by atoms with E-state index in [9.17, 15) is 0 Å². The molecular formula is C8H17N5. The second-order valence-electron chi connectivity index (χ2n) is 2.68. The Hall–Kier alpha value is -1.52. The fraction of sp³-hybridized carbons (Fsp3) is 0.500. The van der Waals surface area contributed by atoms with Crippen molar-refractivity contribution < 1.29 is 0 Å². The number of hydrogen-bond acceptors (Lipinski definition) is 1. The maximum absolute atomic E-state index is 5.39. The first kappa shape index (κ1) is 11.5. The van der Waals surface area contributed by atoms with Gasteiger partial charge in [0.2, 0.25) is 5.96 Å². The minimum absolute atomic E-state index is 0.0566. The van der Waals surface area contributed by atoms with Gasteiger partial charge in [0.15, 0.2) is 5.96 Å². The van der Waals surface area contributed by atoms with E-state index in [1.165, 1.54) is 0 Å². The fourth-order valence-corrected chi connectivity index (χ4v) is 0.756. The van der Waals surface area contributed by atoms with Gasteiger partial charge in [-0.25, -0.2) is 4.99 Å². The molecule has 0 rings (SSSR count). The van der Waals surface area contributed by atoms with E-state index in [-0.39, 0.29) is 11.9 Å². The third kappa shape index (κ3) is 6.86. The van der Waals surface area contributed by atoms with Gasteiger partial charge in [-0.05, 0) is 12.8 Å². The SMILES string of the molecule is C=C(CCCC)N=C(N)N=C(N)N. The lowest BCUT2D eigenvalue weighted by atomic mass is 10.2.